The molecule has 0 saturated heterocycles. The van der Waals surface area contributed by atoms with Gasteiger partial charge in [-0.25, -0.2) is 24.1 Å². The Morgan fingerprint density at radius 1 is 0.907 bits per heavy atom. The van der Waals surface area contributed by atoms with Crippen LogP contribution >= 0.6 is 0 Å². The molecule has 0 bridgehead atoms. The Morgan fingerprint density at radius 3 is 2.40 bits per heavy atom. The van der Waals surface area contributed by atoms with E-state index in [1.807, 2.05) is 19.1 Å². The number of carbonyl (C=O) groups is 2. The van der Waals surface area contributed by atoms with Crippen molar-refractivity contribution in [1.29, 1.82) is 0 Å². The number of pyridine rings is 1. The number of halogens is 1. The maximum absolute atomic E-state index is 14.3. The van der Waals surface area contributed by atoms with E-state index in [4.69, 9.17) is 19.9 Å². The van der Waals surface area contributed by atoms with E-state index in [1.165, 1.54) is 19.5 Å². The van der Waals surface area contributed by atoms with Crippen molar-refractivity contribution in [2.75, 3.05) is 19.0 Å². The molecule has 2 heterocycles. The lowest BCUT2D eigenvalue weighted by molar-refractivity contribution is -0.116. The second kappa shape index (κ2) is 15.4. The lowest BCUT2D eigenvalue weighted by Crippen LogP contribution is -2.18. The standard InChI is InChI=1S/C32H36FN5O5/c1-21-24-16-22(23-17-25(33)31(41-2)35-19-23)18-28(30(24)37-20-36-21)42-15-11-7-5-3-4-6-8-14-29(39)38-26-12-9-10-13-27(26)43-32(34)40/h9-10,12-13,16-20H,3-8,11,14-15H2,1-2H3,(H2,34,40)(H,38,39). The molecule has 0 atom stereocenters. The predicted octanol–water partition coefficient (Wildman–Crippen LogP) is 6.74. The number of hydrogen-bond acceptors (Lipinski definition) is 8. The minimum atomic E-state index is -0.930. The Bertz CT molecular complexity index is 1560. The molecule has 0 aliphatic rings. The van der Waals surface area contributed by atoms with Crippen molar-refractivity contribution in [3.05, 3.63) is 66.5 Å². The number of ether oxygens (including phenoxy) is 3. The van der Waals surface area contributed by atoms with Crippen molar-refractivity contribution in [1.82, 2.24) is 15.0 Å². The maximum atomic E-state index is 14.3. The summed E-state index contributed by atoms with van der Waals surface area (Å²) in [6.45, 7) is 2.43. The van der Waals surface area contributed by atoms with E-state index in [2.05, 4.69) is 20.3 Å². The molecule has 2 aromatic carbocycles. The number of nitrogens with two attached hydrogens (primary N) is 1. The van der Waals surface area contributed by atoms with Crippen LogP contribution in [0.5, 0.6) is 17.4 Å². The summed E-state index contributed by atoms with van der Waals surface area (Å²) in [5, 5.41) is 3.61. The lowest BCUT2D eigenvalue weighted by Gasteiger charge is -2.13. The minimum absolute atomic E-state index is 0.0542. The highest BCUT2D eigenvalue weighted by Crippen LogP contribution is 2.33. The lowest BCUT2D eigenvalue weighted by atomic mass is 10.0. The third-order valence-corrected chi connectivity index (χ3v) is 6.91. The molecule has 43 heavy (non-hydrogen) atoms. The first kappa shape index (κ1) is 31.1. The van der Waals surface area contributed by atoms with Crippen LogP contribution < -0.4 is 25.3 Å². The first-order valence-electron chi connectivity index (χ1n) is 14.3. The largest absolute Gasteiger partial charge is 0.491 e. The summed E-state index contributed by atoms with van der Waals surface area (Å²) in [7, 11) is 1.38. The number of methoxy groups -OCH3 is 1. The zero-order chi connectivity index (χ0) is 30.6. The van der Waals surface area contributed by atoms with Gasteiger partial charge in [0.15, 0.2) is 11.6 Å². The van der Waals surface area contributed by atoms with Crippen LogP contribution in [0.2, 0.25) is 0 Å². The van der Waals surface area contributed by atoms with Crippen molar-refractivity contribution < 1.29 is 28.2 Å². The molecule has 2 amide bonds. The fourth-order valence-corrected chi connectivity index (χ4v) is 4.70. The number of aryl methyl sites for hydroxylation is 1. The molecule has 226 valence electrons. The molecule has 0 fully saturated rings. The van der Waals surface area contributed by atoms with E-state index in [-0.39, 0.29) is 17.5 Å². The first-order chi connectivity index (χ1) is 20.9. The fraction of sp³-hybridized carbons (Fsp3) is 0.344. The molecule has 0 aliphatic heterocycles. The van der Waals surface area contributed by atoms with E-state index >= 15 is 0 Å². The normalized spacial score (nSPS) is 10.9. The molecule has 3 N–H and O–H groups in total. The van der Waals surface area contributed by atoms with Gasteiger partial charge in [0.1, 0.15) is 17.6 Å². The van der Waals surface area contributed by atoms with Gasteiger partial charge in [-0.2, -0.15) is 0 Å². The monoisotopic (exact) mass is 589 g/mol. The van der Waals surface area contributed by atoms with Crippen molar-refractivity contribution >= 4 is 28.6 Å². The number of primary amides is 1. The molecule has 0 aliphatic carbocycles. The highest BCUT2D eigenvalue weighted by atomic mass is 19.1. The third kappa shape index (κ3) is 8.84. The molecule has 0 saturated carbocycles. The molecule has 11 heteroatoms. The third-order valence-electron chi connectivity index (χ3n) is 6.91. The second-order valence-corrected chi connectivity index (χ2v) is 10.1. The van der Waals surface area contributed by atoms with Crippen molar-refractivity contribution in [3.63, 3.8) is 0 Å². The number of para-hydroxylation sites is 2. The minimum Gasteiger partial charge on any atom is -0.491 e. The van der Waals surface area contributed by atoms with Crippen LogP contribution in [0.3, 0.4) is 0 Å². The number of amides is 2. The molecule has 0 radical (unpaired) electrons. The summed E-state index contributed by atoms with van der Waals surface area (Å²) in [6.07, 6.45) is 9.30. The molecular weight excluding hydrogens is 553 g/mol. The molecule has 4 rings (SSSR count). The number of carbonyl (C=O) groups excluding carboxylic acids is 2. The number of hydrogen-bond donors (Lipinski definition) is 2. The summed E-state index contributed by atoms with van der Waals surface area (Å²) in [5.74, 6) is 0.118. The van der Waals surface area contributed by atoms with Crippen LogP contribution in [0.15, 0.2) is 55.0 Å². The molecular formula is C32H36FN5O5. The topological polar surface area (TPSA) is 139 Å². The van der Waals surface area contributed by atoms with Gasteiger partial charge in [-0.1, -0.05) is 44.2 Å². The number of anilines is 1. The van der Waals surface area contributed by atoms with E-state index in [0.29, 0.717) is 35.5 Å². The maximum Gasteiger partial charge on any atom is 0.410 e. The molecule has 10 nitrogen and oxygen atoms in total. The average Bonchev–Trinajstić information content (AvgIpc) is 2.99. The van der Waals surface area contributed by atoms with Gasteiger partial charge in [-0.15, -0.1) is 0 Å². The van der Waals surface area contributed by atoms with Gasteiger partial charge >= 0.3 is 6.09 Å². The Kier molecular flexibility index (Phi) is 11.2. The number of unbranched alkanes of at least 4 members (excludes halogenated alkanes) is 6. The highest BCUT2D eigenvalue weighted by molar-refractivity contribution is 5.93. The Balaban J connectivity index is 1.18. The number of rotatable bonds is 15. The van der Waals surface area contributed by atoms with Crippen molar-refractivity contribution in [2.24, 2.45) is 5.73 Å². The van der Waals surface area contributed by atoms with Gasteiger partial charge in [0.25, 0.3) is 0 Å². The molecule has 0 spiro atoms. The molecule has 4 aromatic rings. The zero-order valence-electron chi connectivity index (χ0n) is 24.4. The zero-order valence-corrected chi connectivity index (χ0v) is 24.4. The van der Waals surface area contributed by atoms with Gasteiger partial charge in [0.2, 0.25) is 11.8 Å². The summed E-state index contributed by atoms with van der Waals surface area (Å²) >= 11 is 0. The van der Waals surface area contributed by atoms with Crippen molar-refractivity contribution in [3.8, 4) is 28.5 Å². The van der Waals surface area contributed by atoms with E-state index in [0.717, 1.165) is 61.6 Å². The van der Waals surface area contributed by atoms with Crippen LogP contribution in [0.4, 0.5) is 14.9 Å². The van der Waals surface area contributed by atoms with Gasteiger partial charge in [0.05, 0.1) is 19.4 Å². The molecule has 0 unspecified atom stereocenters. The summed E-state index contributed by atoms with van der Waals surface area (Å²) in [4.78, 5) is 36.1. The van der Waals surface area contributed by atoms with Crippen LogP contribution in [0, 0.1) is 12.7 Å². The van der Waals surface area contributed by atoms with Crippen LogP contribution in [0.1, 0.15) is 57.1 Å². The second-order valence-electron chi connectivity index (χ2n) is 10.1. The van der Waals surface area contributed by atoms with Crippen LogP contribution in [-0.2, 0) is 4.79 Å². The van der Waals surface area contributed by atoms with Crippen LogP contribution in [0.25, 0.3) is 22.0 Å². The SMILES string of the molecule is COc1ncc(-c2cc(OCCCCCCCCCC(=O)Nc3ccccc3OC(N)=O)c3ncnc(C)c3c2)cc1F. The summed E-state index contributed by atoms with van der Waals surface area (Å²) in [6, 6.07) is 11.8. The highest BCUT2D eigenvalue weighted by Gasteiger charge is 2.14. The van der Waals surface area contributed by atoms with Crippen molar-refractivity contribution in [2.45, 2.75) is 58.3 Å². The number of nitrogens with one attached hydrogen (secondary N) is 1. The summed E-state index contributed by atoms with van der Waals surface area (Å²) < 4.78 is 30.3. The first-order valence-corrected chi connectivity index (χ1v) is 14.3. The van der Waals surface area contributed by atoms with E-state index in [1.54, 1.807) is 30.5 Å². The Morgan fingerprint density at radius 2 is 1.65 bits per heavy atom. The smallest absolute Gasteiger partial charge is 0.410 e. The van der Waals surface area contributed by atoms with E-state index in [9.17, 15) is 14.0 Å². The Hall–Kier alpha value is -4.80. The number of benzene rings is 2. The van der Waals surface area contributed by atoms with Gasteiger partial charge < -0.3 is 25.3 Å². The number of aromatic nitrogens is 3. The average molecular weight is 590 g/mol. The summed E-state index contributed by atoms with van der Waals surface area (Å²) in [5.41, 5.74) is 8.37. The van der Waals surface area contributed by atoms with Gasteiger partial charge in [-0.05, 0) is 55.7 Å². The predicted molar refractivity (Wildman–Crippen MR) is 162 cm³/mol. The number of fused-ring (bicyclic) bond motifs is 1. The molecule has 2 aromatic heterocycles. The fourth-order valence-electron chi connectivity index (χ4n) is 4.70. The van der Waals surface area contributed by atoms with Gasteiger partial charge in [0, 0.05) is 29.3 Å². The Labute approximate surface area is 249 Å². The van der Waals surface area contributed by atoms with Gasteiger partial charge in [-0.3, -0.25) is 4.79 Å². The quantitative estimate of drug-likeness (QED) is 0.145. The van der Waals surface area contributed by atoms with Crippen LogP contribution in [-0.4, -0.2) is 40.7 Å². The van der Waals surface area contributed by atoms with E-state index < -0.39 is 11.9 Å². The number of nitrogens with zero attached hydrogens (tertiary/aromatic N) is 3.